The number of rotatable bonds is 5. The molecule has 0 atom stereocenters. The number of carboxylic acid groups (broad SMARTS) is 1. The van der Waals surface area contributed by atoms with Gasteiger partial charge in [-0.2, -0.15) is 0 Å². The van der Waals surface area contributed by atoms with E-state index in [1.54, 1.807) is 11.0 Å². The first-order valence-corrected chi connectivity index (χ1v) is 10.5. The van der Waals surface area contributed by atoms with Crippen LogP contribution < -0.4 is 4.90 Å². The van der Waals surface area contributed by atoms with Crippen LogP contribution in [0.2, 0.25) is 0 Å². The van der Waals surface area contributed by atoms with Crippen molar-refractivity contribution >= 4 is 28.2 Å². The Labute approximate surface area is 164 Å². The lowest BCUT2D eigenvalue weighted by molar-refractivity contribution is -0.123. The van der Waals surface area contributed by atoms with Crippen LogP contribution in [-0.4, -0.2) is 23.0 Å². The molecular formula is C22H27NO3S. The Morgan fingerprint density at radius 2 is 1.74 bits per heavy atom. The number of carbonyl (C=O) groups excluding carboxylic acids is 1. The zero-order chi connectivity index (χ0) is 19.6. The highest BCUT2D eigenvalue weighted by molar-refractivity contribution is 7.20. The van der Waals surface area contributed by atoms with Crippen molar-refractivity contribution < 1.29 is 14.7 Å². The Bertz CT molecular complexity index is 804. The normalized spacial score (nSPS) is 19.9. The van der Waals surface area contributed by atoms with Crippen molar-refractivity contribution in [2.24, 2.45) is 11.8 Å². The van der Waals surface area contributed by atoms with E-state index in [0.29, 0.717) is 10.9 Å². The van der Waals surface area contributed by atoms with Crippen molar-refractivity contribution in [3.63, 3.8) is 0 Å². The molecule has 2 aromatic rings. The lowest BCUT2D eigenvalue weighted by atomic mass is 9.82. The van der Waals surface area contributed by atoms with Crippen molar-refractivity contribution in [2.45, 2.75) is 52.5 Å². The maximum Gasteiger partial charge on any atom is 0.338 e. The summed E-state index contributed by atoms with van der Waals surface area (Å²) in [6, 6.07) is 11.3. The smallest absolute Gasteiger partial charge is 0.338 e. The largest absolute Gasteiger partial charge is 0.478 e. The van der Waals surface area contributed by atoms with E-state index in [1.807, 2.05) is 44.2 Å². The molecule has 4 nitrogen and oxygen atoms in total. The van der Waals surface area contributed by atoms with Crippen molar-refractivity contribution in [1.29, 1.82) is 0 Å². The topological polar surface area (TPSA) is 57.6 Å². The Morgan fingerprint density at radius 3 is 2.30 bits per heavy atom. The lowest BCUT2D eigenvalue weighted by Crippen LogP contribution is -2.42. The van der Waals surface area contributed by atoms with E-state index in [9.17, 15) is 14.7 Å². The van der Waals surface area contributed by atoms with Crippen LogP contribution in [0.3, 0.4) is 0 Å². The predicted molar refractivity (Wildman–Crippen MR) is 110 cm³/mol. The summed E-state index contributed by atoms with van der Waals surface area (Å²) >= 11 is 1.39. The third-order valence-electron chi connectivity index (χ3n) is 5.34. The molecule has 0 unspecified atom stereocenters. The third-order valence-corrected chi connectivity index (χ3v) is 6.52. The van der Waals surface area contributed by atoms with E-state index >= 15 is 0 Å². The Hall–Kier alpha value is -2.14. The molecule has 1 saturated carbocycles. The molecule has 3 rings (SSSR count). The number of carbonyl (C=O) groups is 2. The number of hydrogen-bond acceptors (Lipinski definition) is 3. The van der Waals surface area contributed by atoms with Gasteiger partial charge >= 0.3 is 5.97 Å². The molecule has 0 radical (unpaired) electrons. The fourth-order valence-corrected chi connectivity index (χ4v) is 5.05. The average molecular weight is 386 g/mol. The molecule has 1 aromatic heterocycles. The summed E-state index contributed by atoms with van der Waals surface area (Å²) in [4.78, 5) is 27.8. The zero-order valence-electron chi connectivity index (χ0n) is 16.1. The summed E-state index contributed by atoms with van der Waals surface area (Å²) < 4.78 is 0. The number of nitrogens with zero attached hydrogens (tertiary/aromatic N) is 1. The monoisotopic (exact) mass is 385 g/mol. The van der Waals surface area contributed by atoms with Gasteiger partial charge in [0.25, 0.3) is 0 Å². The molecule has 1 fully saturated rings. The van der Waals surface area contributed by atoms with Gasteiger partial charge in [0.15, 0.2) is 0 Å². The molecule has 1 amide bonds. The first-order valence-electron chi connectivity index (χ1n) is 9.64. The summed E-state index contributed by atoms with van der Waals surface area (Å²) in [5.74, 6) is -0.255. The van der Waals surface area contributed by atoms with Gasteiger partial charge in [-0.3, -0.25) is 4.79 Å². The van der Waals surface area contributed by atoms with Gasteiger partial charge in [-0.1, -0.05) is 37.3 Å². The van der Waals surface area contributed by atoms with Crippen molar-refractivity contribution in [3.05, 3.63) is 42.0 Å². The summed E-state index contributed by atoms with van der Waals surface area (Å²) in [6.45, 7) is 6.14. The fourth-order valence-electron chi connectivity index (χ4n) is 3.75. The van der Waals surface area contributed by atoms with Gasteiger partial charge in [-0.05, 0) is 57.1 Å². The summed E-state index contributed by atoms with van der Waals surface area (Å²) in [5.41, 5.74) is 1.18. The number of carboxylic acids is 1. The highest BCUT2D eigenvalue weighted by Crippen LogP contribution is 2.40. The van der Waals surface area contributed by atoms with E-state index in [0.717, 1.165) is 36.1 Å². The molecule has 0 aliphatic heterocycles. The van der Waals surface area contributed by atoms with Gasteiger partial charge in [-0.25, -0.2) is 4.79 Å². The van der Waals surface area contributed by atoms with E-state index in [4.69, 9.17) is 0 Å². The fraction of sp³-hybridized carbons (Fsp3) is 0.455. The minimum absolute atomic E-state index is 0.00693. The van der Waals surface area contributed by atoms with Gasteiger partial charge in [-0.15, -0.1) is 11.3 Å². The first-order chi connectivity index (χ1) is 12.9. The van der Waals surface area contributed by atoms with E-state index < -0.39 is 5.97 Å². The van der Waals surface area contributed by atoms with Crippen LogP contribution in [0.4, 0.5) is 5.00 Å². The quantitative estimate of drug-likeness (QED) is 0.720. The highest BCUT2D eigenvalue weighted by atomic mass is 32.1. The number of benzene rings is 1. The standard InChI is InChI=1S/C22H27NO3S/c1-14(2)23(20(24)17-11-9-15(3)10-12-17)21-18(22(25)26)13-19(27-21)16-7-5-4-6-8-16/h4-8,13-15,17H,9-12H2,1-3H3,(H,25,26). The predicted octanol–water partition coefficient (Wildman–Crippen LogP) is 5.68. The maximum absolute atomic E-state index is 13.3. The second-order valence-corrected chi connectivity index (χ2v) is 8.79. The van der Waals surface area contributed by atoms with Gasteiger partial charge in [0.2, 0.25) is 5.91 Å². The number of hydrogen-bond donors (Lipinski definition) is 1. The summed E-state index contributed by atoms with van der Waals surface area (Å²) in [6.07, 6.45) is 3.91. The van der Waals surface area contributed by atoms with Crippen LogP contribution in [0.15, 0.2) is 36.4 Å². The van der Waals surface area contributed by atoms with Crippen LogP contribution in [0, 0.1) is 11.8 Å². The average Bonchev–Trinajstić information content (AvgIpc) is 3.08. The highest BCUT2D eigenvalue weighted by Gasteiger charge is 2.33. The van der Waals surface area contributed by atoms with Crippen molar-refractivity contribution in [1.82, 2.24) is 0 Å². The third kappa shape index (κ3) is 4.24. The maximum atomic E-state index is 13.3. The molecular weight excluding hydrogens is 358 g/mol. The Morgan fingerprint density at radius 1 is 1.11 bits per heavy atom. The van der Waals surface area contributed by atoms with Crippen LogP contribution in [0.25, 0.3) is 10.4 Å². The summed E-state index contributed by atoms with van der Waals surface area (Å²) in [5, 5.41) is 10.3. The van der Waals surface area contributed by atoms with E-state index in [-0.39, 0.29) is 23.4 Å². The molecule has 1 aliphatic carbocycles. The second-order valence-electron chi connectivity index (χ2n) is 7.76. The minimum atomic E-state index is -0.987. The molecule has 1 aliphatic rings. The number of thiophene rings is 1. The van der Waals surface area contributed by atoms with Gasteiger partial charge in [0, 0.05) is 16.8 Å². The van der Waals surface area contributed by atoms with E-state index in [1.165, 1.54) is 11.3 Å². The Kier molecular flexibility index (Phi) is 6.00. The molecule has 27 heavy (non-hydrogen) atoms. The first kappa shape index (κ1) is 19.6. The number of aromatic carboxylic acids is 1. The minimum Gasteiger partial charge on any atom is -0.478 e. The van der Waals surface area contributed by atoms with Crippen molar-refractivity contribution in [2.75, 3.05) is 4.90 Å². The zero-order valence-corrected chi connectivity index (χ0v) is 17.0. The molecule has 144 valence electrons. The van der Waals surface area contributed by atoms with Gasteiger partial charge < -0.3 is 10.0 Å². The molecule has 5 heteroatoms. The van der Waals surface area contributed by atoms with Gasteiger partial charge in [0.1, 0.15) is 5.00 Å². The van der Waals surface area contributed by atoms with Crippen LogP contribution >= 0.6 is 11.3 Å². The molecule has 1 aromatic carbocycles. The summed E-state index contributed by atoms with van der Waals surface area (Å²) in [7, 11) is 0. The number of amides is 1. The van der Waals surface area contributed by atoms with Crippen LogP contribution in [-0.2, 0) is 4.79 Å². The number of anilines is 1. The SMILES string of the molecule is CC1CCC(C(=O)N(c2sc(-c3ccccc3)cc2C(=O)O)C(C)C)CC1. The van der Waals surface area contributed by atoms with Crippen LogP contribution in [0.1, 0.15) is 56.8 Å². The second kappa shape index (κ2) is 8.26. The molecule has 0 spiro atoms. The molecule has 1 heterocycles. The van der Waals surface area contributed by atoms with E-state index in [2.05, 4.69) is 6.92 Å². The van der Waals surface area contributed by atoms with Crippen molar-refractivity contribution in [3.8, 4) is 10.4 Å². The Balaban J connectivity index is 1.98. The molecule has 0 saturated heterocycles. The molecule has 0 bridgehead atoms. The van der Waals surface area contributed by atoms with Crippen LogP contribution in [0.5, 0.6) is 0 Å². The molecule has 1 N–H and O–H groups in total. The van der Waals surface area contributed by atoms with Gasteiger partial charge in [0.05, 0.1) is 5.56 Å². The lowest BCUT2D eigenvalue weighted by Gasteiger charge is -2.33.